The second-order valence-electron chi connectivity index (χ2n) is 0.938. The van der Waals surface area contributed by atoms with E-state index in [1.165, 1.54) is 0 Å². The van der Waals surface area contributed by atoms with Crippen molar-refractivity contribution in [3.63, 3.8) is 0 Å². The predicted molar refractivity (Wildman–Crippen MR) is 23.0 cm³/mol. The molecule has 0 aromatic carbocycles. The van der Waals surface area contributed by atoms with Gasteiger partial charge in [-0.05, 0) is 0 Å². The quantitative estimate of drug-likeness (QED) is 0.328. The molecule has 0 aromatic rings. The molecule has 66 valence electrons. The van der Waals surface area contributed by atoms with E-state index in [2.05, 4.69) is 0 Å². The molecule has 2 N–H and O–H groups in total. The molecular weight excluding hydrogens is 291 g/mol. The maximum atomic E-state index is 8.77. The van der Waals surface area contributed by atoms with Crippen molar-refractivity contribution < 1.29 is 175 Å². The first-order valence-electron chi connectivity index (χ1n) is 1.50. The molecule has 0 aromatic heterocycles. The second kappa shape index (κ2) is 14.6. The summed E-state index contributed by atoms with van der Waals surface area (Å²) in [6, 6.07) is 0. The van der Waals surface area contributed by atoms with Gasteiger partial charge in [0.25, 0.3) is 7.82 Å². The molecule has 0 spiro atoms. The summed E-state index contributed by atoms with van der Waals surface area (Å²) < 4.78 is 17.3. The van der Waals surface area contributed by atoms with Gasteiger partial charge in [0.1, 0.15) is 0 Å². The molecule has 0 radical (unpaired) electrons. The second-order valence-corrected chi connectivity index (χ2v) is 2.81. The van der Waals surface area contributed by atoms with Crippen LogP contribution in [-0.4, -0.2) is 9.79 Å². The van der Waals surface area contributed by atoms with Crippen LogP contribution in [0.5, 0.6) is 0 Å². The van der Waals surface area contributed by atoms with Crippen molar-refractivity contribution in [1.82, 2.24) is 0 Å². The monoisotopic (exact) mass is 296 g/mol. The average molecular weight is 296 g/mol. The van der Waals surface area contributed by atoms with Crippen molar-refractivity contribution in [3.8, 4) is 0 Å². The third-order valence-electron chi connectivity index (χ3n) is 0. The van der Waals surface area contributed by atoms with Crippen LogP contribution in [0.3, 0.4) is 0 Å². The van der Waals surface area contributed by atoms with E-state index in [0.717, 1.165) is 0 Å². The Morgan fingerprint density at radius 3 is 1.00 bits per heavy atom. The molecular formula is H5K2NaO8P2. The minimum atomic E-state index is -5.39. The van der Waals surface area contributed by atoms with Crippen LogP contribution in [-0.2, 0) is 9.13 Å². The van der Waals surface area contributed by atoms with Crippen molar-refractivity contribution >= 4 is 15.6 Å². The fourth-order valence-electron chi connectivity index (χ4n) is 0. The summed E-state index contributed by atoms with van der Waals surface area (Å²) in [5.41, 5.74) is 0. The topological polar surface area (TPSA) is 167 Å². The van der Waals surface area contributed by atoms with Gasteiger partial charge in [-0.2, -0.15) is 7.82 Å². The van der Waals surface area contributed by atoms with Crippen LogP contribution in [0.4, 0.5) is 0 Å². The molecule has 0 atom stereocenters. The zero-order valence-electron chi connectivity index (χ0n) is 10.2. The summed E-state index contributed by atoms with van der Waals surface area (Å²) in [5, 5.41) is 0. The first-order chi connectivity index (χ1) is 4.00. The normalized spacial score (nSPS) is 9.08. The molecule has 0 unspecified atom stereocenters. The maximum Gasteiger partial charge on any atom is 1.00 e. The van der Waals surface area contributed by atoms with Crippen molar-refractivity contribution in [1.29, 1.82) is 0 Å². The molecule has 13 heteroatoms. The van der Waals surface area contributed by atoms with Crippen LogP contribution in [0.2, 0.25) is 0 Å². The van der Waals surface area contributed by atoms with Gasteiger partial charge in [0.15, 0.2) is 0 Å². The van der Waals surface area contributed by atoms with E-state index in [1.807, 2.05) is 0 Å². The Balaban J connectivity index is -0.00000000970. The van der Waals surface area contributed by atoms with Crippen molar-refractivity contribution in [2.24, 2.45) is 0 Å². The van der Waals surface area contributed by atoms with Gasteiger partial charge < -0.3 is 35.4 Å². The van der Waals surface area contributed by atoms with Crippen LogP contribution in [0, 0.1) is 0 Å². The molecule has 0 fully saturated rings. The summed E-state index contributed by atoms with van der Waals surface area (Å²) in [6.45, 7) is 0. The largest absolute Gasteiger partial charge is 1.00 e. The molecule has 0 saturated carbocycles. The van der Waals surface area contributed by atoms with Gasteiger partial charge in [-0.25, -0.2) is 0 Å². The minimum Gasteiger partial charge on any atom is -1.00 e. The molecule has 0 amide bonds. The summed E-state index contributed by atoms with van der Waals surface area (Å²) >= 11 is 0. The van der Waals surface area contributed by atoms with Gasteiger partial charge in [-0.3, -0.25) is 4.57 Å². The third-order valence-corrected chi connectivity index (χ3v) is 0. The molecule has 0 heterocycles. The van der Waals surface area contributed by atoms with Crippen LogP contribution >= 0.6 is 15.6 Å². The van der Waals surface area contributed by atoms with Gasteiger partial charge >= 0.3 is 135 Å². The van der Waals surface area contributed by atoms with Gasteiger partial charge in [0.05, 0.1) is 0 Å². The number of phosphoric acid groups is 2. The van der Waals surface area contributed by atoms with Crippen molar-refractivity contribution in [2.45, 2.75) is 0 Å². The standard InChI is InChI=1S/2K.Na.2H3O4P.H/c;;;2*1-5(2,3)4;/h;;;2*(H3,1,2,3,4);/q3*+1;;;-1/p-2. The van der Waals surface area contributed by atoms with Crippen LogP contribution < -0.4 is 152 Å². The zero-order chi connectivity index (χ0) is 9.00. The van der Waals surface area contributed by atoms with Gasteiger partial charge in [-0.15, -0.1) is 0 Å². The van der Waals surface area contributed by atoms with Crippen LogP contribution in [0.1, 0.15) is 4.28 Å². The molecule has 0 bridgehead atoms. The molecule has 0 aliphatic rings. The van der Waals surface area contributed by atoms with Crippen LogP contribution in [0.25, 0.3) is 0 Å². The number of hydrogen-bond donors (Lipinski definition) is 2. The molecule has 0 aliphatic heterocycles. The van der Waals surface area contributed by atoms with E-state index < -0.39 is 15.6 Å². The van der Waals surface area contributed by atoms with Crippen LogP contribution in [0.15, 0.2) is 0 Å². The Morgan fingerprint density at radius 2 is 1.00 bits per heavy atom. The van der Waals surface area contributed by atoms with E-state index in [-0.39, 0.29) is 137 Å². The minimum absolute atomic E-state index is 0. The van der Waals surface area contributed by atoms with E-state index >= 15 is 0 Å². The number of hydrogen-bond acceptors (Lipinski definition) is 6. The summed E-state index contributed by atoms with van der Waals surface area (Å²) in [5.74, 6) is 0. The summed E-state index contributed by atoms with van der Waals surface area (Å²) in [7, 11) is -10.3. The predicted octanol–water partition coefficient (Wildman–Crippen LogP) is -13.0. The molecule has 0 rings (SSSR count). The average Bonchev–Trinajstić information content (AvgIpc) is 1.12. The first-order valence-corrected chi connectivity index (χ1v) is 4.49. The zero-order valence-corrected chi connectivity index (χ0v) is 17.3. The van der Waals surface area contributed by atoms with E-state index in [4.69, 9.17) is 38.5 Å². The Bertz CT molecular complexity index is 144. The van der Waals surface area contributed by atoms with Crippen molar-refractivity contribution in [2.75, 3.05) is 0 Å². The fourth-order valence-corrected chi connectivity index (χ4v) is 0. The van der Waals surface area contributed by atoms with Crippen molar-refractivity contribution in [3.05, 3.63) is 0 Å². The Hall–Kier alpha value is 4.49. The summed E-state index contributed by atoms with van der Waals surface area (Å²) in [4.78, 5) is 48.6. The molecule has 8 nitrogen and oxygen atoms in total. The molecule has 0 aliphatic carbocycles. The Labute approximate surface area is 186 Å². The van der Waals surface area contributed by atoms with E-state index in [0.29, 0.717) is 0 Å². The SMILES string of the molecule is O=P([O-])(O)O.O=P([O-])([O-])[O-].[H+].[H+].[H-].[K+].[K+].[Na+]. The smallest absolute Gasteiger partial charge is 1.00 e. The number of rotatable bonds is 0. The fraction of sp³-hybridized carbons (Fsp3) is 0. The molecule has 13 heavy (non-hydrogen) atoms. The Morgan fingerprint density at radius 1 is 1.00 bits per heavy atom. The van der Waals surface area contributed by atoms with E-state index in [1.54, 1.807) is 0 Å². The Kier molecular flexibility index (Phi) is 34.1. The third kappa shape index (κ3) is 172. The van der Waals surface area contributed by atoms with Gasteiger partial charge in [0.2, 0.25) is 0 Å². The summed E-state index contributed by atoms with van der Waals surface area (Å²) in [6.07, 6.45) is 0. The molecule has 0 saturated heterocycles. The van der Waals surface area contributed by atoms with Gasteiger partial charge in [-0.1, -0.05) is 0 Å². The maximum absolute atomic E-state index is 8.77. The van der Waals surface area contributed by atoms with E-state index in [9.17, 15) is 0 Å². The first kappa shape index (κ1) is 30.5. The van der Waals surface area contributed by atoms with Gasteiger partial charge in [0, 0.05) is 0 Å².